The molecule has 1 saturated heterocycles. The number of fused-ring (bicyclic) bond motifs is 1. The second-order valence-corrected chi connectivity index (χ2v) is 5.41. The van der Waals surface area contributed by atoms with E-state index >= 15 is 0 Å². The van der Waals surface area contributed by atoms with Crippen molar-refractivity contribution < 1.29 is 0 Å². The topological polar surface area (TPSA) is 32.3 Å². The Kier molecular flexibility index (Phi) is 2.74. The highest BCUT2D eigenvalue weighted by Gasteiger charge is 2.26. The van der Waals surface area contributed by atoms with Crippen LogP contribution in [0.4, 0.5) is 5.82 Å². The van der Waals surface area contributed by atoms with E-state index in [0.717, 1.165) is 37.7 Å². The molecule has 0 radical (unpaired) electrons. The molecule has 0 aromatic carbocycles. The van der Waals surface area contributed by atoms with Crippen LogP contribution < -0.4 is 4.90 Å². The number of anilines is 1. The molecule has 4 nitrogen and oxygen atoms in total. The van der Waals surface area contributed by atoms with Crippen molar-refractivity contribution in [1.82, 2.24) is 14.6 Å². The number of aromatic nitrogens is 2. The highest BCUT2D eigenvalue weighted by atomic mass is 35.5. The van der Waals surface area contributed by atoms with E-state index in [1.165, 1.54) is 18.4 Å². The van der Waals surface area contributed by atoms with Gasteiger partial charge in [0.05, 0.1) is 5.69 Å². The lowest BCUT2D eigenvalue weighted by molar-refractivity contribution is 0.504. The minimum Gasteiger partial charge on any atom is -0.356 e. The van der Waals surface area contributed by atoms with Gasteiger partial charge in [-0.15, -0.1) is 0 Å². The minimum atomic E-state index is 0.376. The first-order valence-corrected chi connectivity index (χ1v) is 6.43. The Bertz CT molecular complexity index is 420. The van der Waals surface area contributed by atoms with Gasteiger partial charge in [0.15, 0.2) is 0 Å². The Hall–Kier alpha value is -0.440. The summed E-state index contributed by atoms with van der Waals surface area (Å²) in [6.07, 6.45) is 2.50. The maximum atomic E-state index is 5.98. The van der Waals surface area contributed by atoms with Crippen LogP contribution in [0.3, 0.4) is 0 Å². The lowest BCUT2D eigenvalue weighted by Gasteiger charge is -2.19. The molecule has 2 aliphatic rings. The minimum absolute atomic E-state index is 0.376. The van der Waals surface area contributed by atoms with Crippen LogP contribution >= 0.6 is 21.0 Å². The molecule has 2 aliphatic heterocycles. The highest BCUT2D eigenvalue weighted by molar-refractivity contribution is 7.13. The van der Waals surface area contributed by atoms with E-state index in [-0.39, 0.29) is 0 Å². The zero-order valence-electron chi connectivity index (χ0n) is 8.99. The predicted molar refractivity (Wildman–Crippen MR) is 67.4 cm³/mol. The molecular weight excluding hydrogens is 243 g/mol. The van der Waals surface area contributed by atoms with Gasteiger partial charge in [0.1, 0.15) is 5.82 Å². The Morgan fingerprint density at radius 3 is 2.62 bits per heavy atom. The molecule has 1 aromatic heterocycles. The average molecular weight is 257 g/mol. The van der Waals surface area contributed by atoms with Crippen LogP contribution in [0.1, 0.15) is 24.1 Å². The van der Waals surface area contributed by atoms with Gasteiger partial charge in [0, 0.05) is 31.7 Å². The average Bonchev–Trinajstić information content (AvgIpc) is 2.83. The van der Waals surface area contributed by atoms with Gasteiger partial charge in [-0.05, 0) is 24.4 Å². The summed E-state index contributed by atoms with van der Waals surface area (Å²) in [6, 6.07) is 0. The first-order chi connectivity index (χ1) is 7.74. The standard InChI is InChI=1S/C10H14ClN4P/c11-10-12-8-6-15(16)5-7(8)9(13-10)14-3-1-2-4-14/h1-6,16H2. The summed E-state index contributed by atoms with van der Waals surface area (Å²) in [5.41, 5.74) is 2.33. The van der Waals surface area contributed by atoms with Crippen molar-refractivity contribution >= 4 is 26.8 Å². The molecule has 0 spiro atoms. The number of hydrogen-bond donors (Lipinski definition) is 0. The summed E-state index contributed by atoms with van der Waals surface area (Å²) in [5.74, 6) is 1.05. The second kappa shape index (κ2) is 4.10. The zero-order valence-corrected chi connectivity index (χ0v) is 10.9. The van der Waals surface area contributed by atoms with Gasteiger partial charge in [-0.3, -0.25) is 4.67 Å². The van der Waals surface area contributed by atoms with Crippen LogP contribution in [0.25, 0.3) is 0 Å². The Morgan fingerprint density at radius 2 is 1.88 bits per heavy atom. The number of rotatable bonds is 1. The van der Waals surface area contributed by atoms with Gasteiger partial charge in [0.2, 0.25) is 5.28 Å². The molecule has 3 heterocycles. The van der Waals surface area contributed by atoms with Gasteiger partial charge in [-0.25, -0.2) is 9.97 Å². The summed E-state index contributed by atoms with van der Waals surface area (Å²) in [7, 11) is 2.72. The molecule has 1 fully saturated rings. The highest BCUT2D eigenvalue weighted by Crippen LogP contribution is 2.33. The molecular formula is C10H14ClN4P. The number of halogens is 1. The van der Waals surface area contributed by atoms with Gasteiger partial charge >= 0.3 is 0 Å². The van der Waals surface area contributed by atoms with Gasteiger partial charge in [-0.1, -0.05) is 9.39 Å². The zero-order chi connectivity index (χ0) is 11.1. The third-order valence-electron chi connectivity index (χ3n) is 3.16. The van der Waals surface area contributed by atoms with E-state index in [4.69, 9.17) is 11.6 Å². The normalized spacial score (nSPS) is 20.5. The van der Waals surface area contributed by atoms with E-state index in [0.29, 0.717) is 5.28 Å². The van der Waals surface area contributed by atoms with Crippen LogP contribution in [0.2, 0.25) is 5.28 Å². The summed E-state index contributed by atoms with van der Waals surface area (Å²) in [5, 5.41) is 0.376. The SMILES string of the molecule is PN1Cc2nc(Cl)nc(N3CCCC3)c2C1. The summed E-state index contributed by atoms with van der Waals surface area (Å²) in [6.45, 7) is 3.94. The molecule has 0 bridgehead atoms. The third kappa shape index (κ3) is 1.79. The molecule has 16 heavy (non-hydrogen) atoms. The van der Waals surface area contributed by atoms with Gasteiger partial charge in [0.25, 0.3) is 0 Å². The molecule has 1 atom stereocenters. The van der Waals surface area contributed by atoms with Crippen molar-refractivity contribution in [3.63, 3.8) is 0 Å². The first-order valence-electron chi connectivity index (χ1n) is 5.54. The van der Waals surface area contributed by atoms with E-state index < -0.39 is 0 Å². The van der Waals surface area contributed by atoms with Crippen LogP contribution in [0.15, 0.2) is 0 Å². The third-order valence-corrected chi connectivity index (χ3v) is 3.70. The fraction of sp³-hybridized carbons (Fsp3) is 0.600. The van der Waals surface area contributed by atoms with Crippen molar-refractivity contribution in [3.8, 4) is 0 Å². The lowest BCUT2D eigenvalue weighted by atomic mass is 10.2. The number of nitrogens with zero attached hydrogens (tertiary/aromatic N) is 4. The molecule has 0 amide bonds. The predicted octanol–water partition coefficient (Wildman–Crippen LogP) is 1.84. The summed E-state index contributed by atoms with van der Waals surface area (Å²) < 4.78 is 2.16. The Balaban J connectivity index is 2.04. The van der Waals surface area contributed by atoms with Crippen LogP contribution in [-0.4, -0.2) is 27.7 Å². The molecule has 0 saturated carbocycles. The van der Waals surface area contributed by atoms with Crippen molar-refractivity contribution in [2.24, 2.45) is 0 Å². The molecule has 0 N–H and O–H groups in total. The number of hydrogen-bond acceptors (Lipinski definition) is 4. The molecule has 3 rings (SSSR count). The Labute approximate surface area is 102 Å². The first kappa shape index (κ1) is 10.7. The fourth-order valence-corrected chi connectivity index (χ4v) is 2.96. The van der Waals surface area contributed by atoms with Crippen molar-refractivity contribution in [3.05, 3.63) is 16.5 Å². The molecule has 86 valence electrons. The quantitative estimate of drug-likeness (QED) is 0.567. The molecule has 1 unspecified atom stereocenters. The summed E-state index contributed by atoms with van der Waals surface area (Å²) in [4.78, 5) is 11.0. The monoisotopic (exact) mass is 256 g/mol. The van der Waals surface area contributed by atoms with E-state index in [1.54, 1.807) is 0 Å². The largest absolute Gasteiger partial charge is 0.356 e. The van der Waals surface area contributed by atoms with E-state index in [9.17, 15) is 0 Å². The van der Waals surface area contributed by atoms with Crippen LogP contribution in [-0.2, 0) is 13.1 Å². The smallest absolute Gasteiger partial charge is 0.224 e. The van der Waals surface area contributed by atoms with Crippen LogP contribution in [0.5, 0.6) is 0 Å². The molecule has 6 heteroatoms. The van der Waals surface area contributed by atoms with E-state index in [2.05, 4.69) is 28.9 Å². The summed E-state index contributed by atoms with van der Waals surface area (Å²) >= 11 is 5.98. The maximum Gasteiger partial charge on any atom is 0.224 e. The van der Waals surface area contributed by atoms with Crippen molar-refractivity contribution in [2.75, 3.05) is 18.0 Å². The molecule has 0 aliphatic carbocycles. The maximum absolute atomic E-state index is 5.98. The van der Waals surface area contributed by atoms with Crippen molar-refractivity contribution in [1.29, 1.82) is 0 Å². The second-order valence-electron chi connectivity index (χ2n) is 4.34. The van der Waals surface area contributed by atoms with Crippen molar-refractivity contribution in [2.45, 2.75) is 25.9 Å². The fourth-order valence-electron chi connectivity index (χ4n) is 2.42. The van der Waals surface area contributed by atoms with Gasteiger partial charge < -0.3 is 4.90 Å². The Morgan fingerprint density at radius 1 is 1.12 bits per heavy atom. The van der Waals surface area contributed by atoms with E-state index in [1.807, 2.05) is 0 Å². The lowest BCUT2D eigenvalue weighted by Crippen LogP contribution is -2.21. The van der Waals surface area contributed by atoms with Gasteiger partial charge in [-0.2, -0.15) is 0 Å². The molecule has 1 aromatic rings. The van der Waals surface area contributed by atoms with Crippen LogP contribution in [0, 0.1) is 0 Å².